The highest BCUT2D eigenvalue weighted by molar-refractivity contribution is 14.0. The Bertz CT molecular complexity index is 922. The summed E-state index contributed by atoms with van der Waals surface area (Å²) < 4.78 is 27.4. The summed E-state index contributed by atoms with van der Waals surface area (Å²) in [5, 5.41) is 6.44. The second kappa shape index (κ2) is 12.0. The molecule has 0 atom stereocenters. The van der Waals surface area contributed by atoms with Crippen molar-refractivity contribution < 1.29 is 13.6 Å². The summed E-state index contributed by atoms with van der Waals surface area (Å²) in [4.78, 5) is 20.3. The Morgan fingerprint density at radius 2 is 1.74 bits per heavy atom. The van der Waals surface area contributed by atoms with Crippen molar-refractivity contribution in [2.45, 2.75) is 0 Å². The molecule has 1 aliphatic heterocycles. The lowest BCUT2D eigenvalue weighted by atomic mass is 10.2. The fourth-order valence-electron chi connectivity index (χ4n) is 3.31. The number of nitrogens with zero attached hydrogens (tertiary/aromatic N) is 3. The first-order valence-corrected chi connectivity index (χ1v) is 10.1. The maximum Gasteiger partial charge on any atom is 0.252 e. The monoisotopic (exact) mass is 563 g/mol. The van der Waals surface area contributed by atoms with Gasteiger partial charge in [-0.05, 0) is 24.3 Å². The summed E-state index contributed by atoms with van der Waals surface area (Å²) in [6.45, 7) is 3.21. The van der Waals surface area contributed by atoms with Crippen molar-refractivity contribution in [2.75, 3.05) is 51.2 Å². The summed E-state index contributed by atoms with van der Waals surface area (Å²) in [6, 6.07) is 10.4. The van der Waals surface area contributed by atoms with Gasteiger partial charge in [-0.15, -0.1) is 24.0 Å². The molecule has 2 N–H and O–H groups in total. The van der Waals surface area contributed by atoms with Gasteiger partial charge in [-0.2, -0.15) is 0 Å². The molecule has 0 unspecified atom stereocenters. The molecule has 2 aromatic carbocycles. The van der Waals surface area contributed by atoms with E-state index < -0.39 is 11.6 Å². The molecule has 0 radical (unpaired) electrons. The Labute approximate surface area is 202 Å². The molecule has 31 heavy (non-hydrogen) atoms. The Balaban J connectivity index is 0.00000341. The summed E-state index contributed by atoms with van der Waals surface area (Å²) in [7, 11) is 1.68. The Morgan fingerprint density at radius 3 is 2.42 bits per heavy atom. The lowest BCUT2D eigenvalue weighted by molar-refractivity contribution is 0.0954. The van der Waals surface area contributed by atoms with Gasteiger partial charge < -0.3 is 20.4 Å². The number of guanidine groups is 1. The second-order valence-corrected chi connectivity index (χ2v) is 7.19. The summed E-state index contributed by atoms with van der Waals surface area (Å²) >= 11 is 6.03. The third-order valence-corrected chi connectivity index (χ3v) is 5.18. The minimum atomic E-state index is -0.454. The number of hydrogen-bond donors (Lipinski definition) is 2. The van der Waals surface area contributed by atoms with Crippen LogP contribution in [0.5, 0.6) is 0 Å². The van der Waals surface area contributed by atoms with E-state index in [4.69, 9.17) is 11.6 Å². The van der Waals surface area contributed by atoms with Gasteiger partial charge in [0.2, 0.25) is 0 Å². The molecule has 6 nitrogen and oxygen atoms in total. The van der Waals surface area contributed by atoms with E-state index in [0.29, 0.717) is 55.8 Å². The quantitative estimate of drug-likeness (QED) is 0.254. The molecular weight excluding hydrogens is 539 g/mol. The lowest BCUT2D eigenvalue weighted by Gasteiger charge is -2.37. The Hall–Kier alpha value is -2.14. The van der Waals surface area contributed by atoms with E-state index in [1.165, 1.54) is 6.07 Å². The van der Waals surface area contributed by atoms with Gasteiger partial charge >= 0.3 is 0 Å². The van der Waals surface area contributed by atoms with Crippen molar-refractivity contribution in [2.24, 2.45) is 4.99 Å². The van der Waals surface area contributed by atoms with Gasteiger partial charge in [0.25, 0.3) is 5.91 Å². The molecule has 0 bridgehead atoms. The van der Waals surface area contributed by atoms with Gasteiger partial charge in [-0.25, -0.2) is 8.78 Å². The number of aliphatic imine (C=N–C) groups is 1. The van der Waals surface area contributed by atoms with Crippen molar-refractivity contribution in [3.05, 3.63) is 64.7 Å². The normalized spacial score (nSPS) is 14.1. The number of rotatable bonds is 5. The number of halogens is 4. The minimum absolute atomic E-state index is 0. The molecule has 1 fully saturated rings. The van der Waals surface area contributed by atoms with Gasteiger partial charge in [0.05, 0.1) is 16.3 Å². The van der Waals surface area contributed by atoms with Gasteiger partial charge in [0.15, 0.2) is 5.96 Å². The average molecular weight is 564 g/mol. The molecule has 0 saturated carbocycles. The molecule has 0 aliphatic carbocycles. The van der Waals surface area contributed by atoms with E-state index >= 15 is 0 Å². The van der Waals surface area contributed by atoms with Crippen LogP contribution in [-0.2, 0) is 0 Å². The van der Waals surface area contributed by atoms with Gasteiger partial charge in [-0.1, -0.05) is 23.7 Å². The third-order valence-electron chi connectivity index (χ3n) is 4.85. The van der Waals surface area contributed by atoms with Crippen molar-refractivity contribution in [3.8, 4) is 0 Å². The minimum Gasteiger partial charge on any atom is -0.366 e. The first kappa shape index (κ1) is 25.1. The predicted octanol–water partition coefficient (Wildman–Crippen LogP) is 3.36. The number of nitrogens with one attached hydrogen (secondary N) is 2. The maximum absolute atomic E-state index is 14.0. The van der Waals surface area contributed by atoms with Crippen LogP contribution in [0, 0.1) is 11.6 Å². The van der Waals surface area contributed by atoms with Crippen LogP contribution in [-0.4, -0.2) is 63.1 Å². The average Bonchev–Trinajstić information content (AvgIpc) is 2.76. The SMILES string of the molecule is CN=C(NCCNC(=O)c1ccccc1Cl)N1CCN(c2cc(F)ccc2F)CC1.I. The molecule has 3 rings (SSSR count). The Kier molecular flexibility index (Phi) is 9.76. The summed E-state index contributed by atoms with van der Waals surface area (Å²) in [5.74, 6) is -0.420. The second-order valence-electron chi connectivity index (χ2n) is 6.78. The predicted molar refractivity (Wildman–Crippen MR) is 131 cm³/mol. The van der Waals surface area contributed by atoms with E-state index in [2.05, 4.69) is 15.6 Å². The van der Waals surface area contributed by atoms with Gasteiger partial charge in [-0.3, -0.25) is 9.79 Å². The molecular formula is C21H25ClF2IN5O. The van der Waals surface area contributed by atoms with Gasteiger partial charge in [0.1, 0.15) is 11.6 Å². The van der Waals surface area contributed by atoms with Crippen LogP contribution in [0.25, 0.3) is 0 Å². The summed E-state index contributed by atoms with van der Waals surface area (Å²) in [6.07, 6.45) is 0. The van der Waals surface area contributed by atoms with Gasteiger partial charge in [0, 0.05) is 52.4 Å². The van der Waals surface area contributed by atoms with Crippen LogP contribution in [0.2, 0.25) is 5.02 Å². The van der Waals surface area contributed by atoms with Crippen molar-refractivity contribution in [1.82, 2.24) is 15.5 Å². The number of anilines is 1. The first-order valence-electron chi connectivity index (χ1n) is 9.68. The van der Waals surface area contributed by atoms with Crippen LogP contribution in [0.4, 0.5) is 14.5 Å². The molecule has 10 heteroatoms. The zero-order valence-electron chi connectivity index (χ0n) is 17.1. The number of carbonyl (C=O) groups is 1. The smallest absolute Gasteiger partial charge is 0.252 e. The van der Waals surface area contributed by atoms with Crippen LogP contribution in [0.15, 0.2) is 47.5 Å². The first-order chi connectivity index (χ1) is 14.5. The maximum atomic E-state index is 14.0. The zero-order chi connectivity index (χ0) is 21.5. The number of hydrogen-bond acceptors (Lipinski definition) is 3. The fraction of sp³-hybridized carbons (Fsp3) is 0.333. The molecule has 1 heterocycles. The van der Waals surface area contributed by atoms with Crippen LogP contribution in [0.1, 0.15) is 10.4 Å². The van der Waals surface area contributed by atoms with Crippen molar-refractivity contribution in [1.29, 1.82) is 0 Å². The molecule has 1 aliphatic rings. The third kappa shape index (κ3) is 6.67. The van der Waals surface area contributed by atoms with Crippen molar-refractivity contribution in [3.63, 3.8) is 0 Å². The largest absolute Gasteiger partial charge is 0.366 e. The van der Waals surface area contributed by atoms with E-state index in [1.54, 1.807) is 31.3 Å². The molecule has 2 aromatic rings. The number of amides is 1. The van der Waals surface area contributed by atoms with E-state index in [0.717, 1.165) is 12.1 Å². The molecule has 1 amide bonds. The molecule has 1 saturated heterocycles. The van der Waals surface area contributed by atoms with Crippen LogP contribution in [0.3, 0.4) is 0 Å². The van der Waals surface area contributed by atoms with E-state index in [-0.39, 0.29) is 35.6 Å². The van der Waals surface area contributed by atoms with E-state index in [1.807, 2.05) is 9.80 Å². The molecule has 168 valence electrons. The highest BCUT2D eigenvalue weighted by atomic mass is 127. The standard InChI is InChI=1S/C21H24ClF2N5O.HI/c1-25-21(27-9-8-26-20(30)16-4-2-3-5-17(16)22)29-12-10-28(11-13-29)19-14-15(23)6-7-18(19)24;/h2-7,14H,8-13H2,1H3,(H,25,27)(H,26,30);1H. The number of benzene rings is 2. The van der Waals surface area contributed by atoms with Crippen LogP contribution < -0.4 is 15.5 Å². The highest BCUT2D eigenvalue weighted by Gasteiger charge is 2.22. The number of carbonyl (C=O) groups excluding carboxylic acids is 1. The van der Waals surface area contributed by atoms with E-state index in [9.17, 15) is 13.6 Å². The molecule has 0 aromatic heterocycles. The summed E-state index contributed by atoms with van der Waals surface area (Å²) in [5.41, 5.74) is 0.712. The lowest BCUT2D eigenvalue weighted by Crippen LogP contribution is -2.53. The zero-order valence-corrected chi connectivity index (χ0v) is 20.2. The fourth-order valence-corrected chi connectivity index (χ4v) is 3.53. The Morgan fingerprint density at radius 1 is 1.06 bits per heavy atom. The topological polar surface area (TPSA) is 60.0 Å². The van der Waals surface area contributed by atoms with Crippen LogP contribution >= 0.6 is 35.6 Å². The number of piperazine rings is 1. The van der Waals surface area contributed by atoms with Crippen molar-refractivity contribution >= 4 is 53.1 Å². The molecule has 0 spiro atoms. The highest BCUT2D eigenvalue weighted by Crippen LogP contribution is 2.22.